The molecule has 2 heterocycles. The zero-order valence-corrected chi connectivity index (χ0v) is 27.1. The van der Waals surface area contributed by atoms with Gasteiger partial charge in [0.2, 0.25) is 0 Å². The van der Waals surface area contributed by atoms with Crippen molar-refractivity contribution in [3.63, 3.8) is 0 Å². The molecule has 0 saturated carbocycles. The van der Waals surface area contributed by atoms with E-state index in [-0.39, 0.29) is 22.5 Å². The van der Waals surface area contributed by atoms with E-state index in [1.165, 1.54) is 5.56 Å². The fourth-order valence-electron chi connectivity index (χ4n) is 4.33. The third-order valence-corrected chi connectivity index (χ3v) is 6.98. The number of guanidine groups is 1. The first-order valence-corrected chi connectivity index (χ1v) is 15.2. The molecule has 238 valence electrons. The van der Waals surface area contributed by atoms with Crippen molar-refractivity contribution in [3.8, 4) is 11.4 Å². The quantitative estimate of drug-likeness (QED) is 0.0960. The monoisotopic (exact) mass is 602 g/mol. The first-order valence-electron chi connectivity index (χ1n) is 15.2. The minimum Gasteiger partial charge on any atom is -0.494 e. The number of hydrogen-bond donors (Lipinski definition) is 5. The Morgan fingerprint density at radius 2 is 1.73 bits per heavy atom. The third-order valence-electron chi connectivity index (χ3n) is 6.98. The van der Waals surface area contributed by atoms with E-state index >= 15 is 0 Å². The lowest BCUT2D eigenvalue weighted by molar-refractivity contribution is 0.312. The number of nitrogens with two attached hydrogens (primary N) is 3. The van der Waals surface area contributed by atoms with Crippen molar-refractivity contribution in [1.29, 1.82) is 0 Å². The molecule has 10 heteroatoms. The van der Waals surface area contributed by atoms with Crippen molar-refractivity contribution in [1.82, 2.24) is 19.9 Å². The molecule has 4 aromatic rings. The van der Waals surface area contributed by atoms with Crippen LogP contribution in [0.5, 0.6) is 5.75 Å². The molecule has 2 aromatic heterocycles. The number of nitrogens with zero attached hydrogens (tertiary/aromatic N) is 3. The molecule has 44 heavy (non-hydrogen) atoms. The van der Waals surface area contributed by atoms with E-state index in [2.05, 4.69) is 80.0 Å². The van der Waals surface area contributed by atoms with Crippen molar-refractivity contribution >= 4 is 17.0 Å². The Balaban J connectivity index is 0.000000297. The Bertz CT molecular complexity index is 1550. The van der Waals surface area contributed by atoms with Crippen molar-refractivity contribution in [2.24, 2.45) is 22.2 Å². The van der Waals surface area contributed by atoms with E-state index in [9.17, 15) is 4.79 Å². The summed E-state index contributed by atoms with van der Waals surface area (Å²) in [5.74, 6) is 1.06. The molecule has 0 spiro atoms. The Morgan fingerprint density at radius 3 is 2.36 bits per heavy atom. The second-order valence-corrected chi connectivity index (χ2v) is 12.9. The van der Waals surface area contributed by atoms with E-state index in [0.29, 0.717) is 25.3 Å². The number of ether oxygens (including phenoxy) is 1. The number of aromatic nitrogens is 3. The predicted octanol–water partition coefficient (Wildman–Crippen LogP) is 4.48. The number of nitrogens with one attached hydrogen (secondary N) is 2. The molecule has 0 fully saturated rings. The van der Waals surface area contributed by atoms with E-state index < -0.39 is 0 Å². The number of rotatable bonds is 11. The maximum Gasteiger partial charge on any atom is 0.354 e. The van der Waals surface area contributed by atoms with E-state index in [4.69, 9.17) is 21.9 Å². The Hall–Kier alpha value is -4.15. The second kappa shape index (κ2) is 15.5. The van der Waals surface area contributed by atoms with E-state index in [1.54, 1.807) is 4.57 Å². The van der Waals surface area contributed by atoms with Crippen molar-refractivity contribution in [2.75, 3.05) is 26.2 Å². The van der Waals surface area contributed by atoms with Crippen LogP contribution in [0.4, 0.5) is 0 Å². The van der Waals surface area contributed by atoms with E-state index in [1.807, 2.05) is 42.6 Å². The molecule has 0 bridgehead atoms. The topological polar surface area (TPSA) is 162 Å². The van der Waals surface area contributed by atoms with Crippen LogP contribution in [0.1, 0.15) is 71.2 Å². The fraction of sp³-hybridized carbons (Fsp3) is 0.441. The van der Waals surface area contributed by atoms with Gasteiger partial charge in [-0.05, 0) is 72.8 Å². The van der Waals surface area contributed by atoms with Crippen LogP contribution < -0.4 is 32.9 Å². The number of benzene rings is 2. The zero-order valence-electron chi connectivity index (χ0n) is 27.1. The number of hydrogen-bond acceptors (Lipinski definition) is 6. The molecule has 8 N–H and O–H groups in total. The standard InChI is InChI=1S/C21H29N7O.C13H21NO/c1-21(2,3)17-11-15-13-28(20(29)27-18(15)26-17)16-7-5-14(6-8-16)12-24-9-4-10-25-19(22)23;1-13(2,3)11-6-4-7-12(10-11)15-9-5-8-14/h5-8,11,13,24H,4,9-10,12H2,1-3H3,(H4,22,23,25)(H,26,27,29);4,6-7,10H,5,8-9,14H2,1-3H3. The number of aromatic amines is 1. The molecule has 0 radical (unpaired) electrons. The molecule has 2 aromatic carbocycles. The van der Waals surface area contributed by atoms with Gasteiger partial charge < -0.3 is 32.2 Å². The summed E-state index contributed by atoms with van der Waals surface area (Å²) in [5, 5.41) is 4.27. The molecule has 0 aliphatic heterocycles. The lowest BCUT2D eigenvalue weighted by atomic mass is 9.87. The van der Waals surface area contributed by atoms with Gasteiger partial charge in [-0.2, -0.15) is 4.98 Å². The number of aliphatic imine (C=N–C) groups is 1. The molecule has 4 rings (SSSR count). The highest BCUT2D eigenvalue weighted by Crippen LogP contribution is 2.26. The SMILES string of the molecule is CC(C)(C)c1cc2cn(-c3ccc(CNCCCN=C(N)N)cc3)c(=O)nc2[nH]1.CC(C)(C)c1cccc(OCCCN)c1. The van der Waals surface area contributed by atoms with Gasteiger partial charge >= 0.3 is 5.69 Å². The second-order valence-electron chi connectivity index (χ2n) is 12.9. The van der Waals surface area contributed by atoms with Gasteiger partial charge in [-0.25, -0.2) is 4.79 Å². The van der Waals surface area contributed by atoms with Crippen LogP contribution in [-0.2, 0) is 17.4 Å². The largest absolute Gasteiger partial charge is 0.494 e. The van der Waals surface area contributed by atoms with Crippen LogP contribution in [0.15, 0.2) is 70.6 Å². The Labute approximate surface area is 261 Å². The van der Waals surface area contributed by atoms with Gasteiger partial charge in [-0.3, -0.25) is 9.56 Å². The smallest absolute Gasteiger partial charge is 0.354 e. The first-order chi connectivity index (χ1) is 20.8. The van der Waals surface area contributed by atoms with Gasteiger partial charge in [0, 0.05) is 35.8 Å². The molecular formula is C34H50N8O2. The summed E-state index contributed by atoms with van der Waals surface area (Å²) in [6.07, 6.45) is 3.61. The minimum absolute atomic E-state index is 0.0352. The van der Waals surface area contributed by atoms with Crippen LogP contribution in [0.25, 0.3) is 16.7 Å². The summed E-state index contributed by atoms with van der Waals surface area (Å²) < 4.78 is 7.18. The highest BCUT2D eigenvalue weighted by molar-refractivity contribution is 5.76. The van der Waals surface area contributed by atoms with Gasteiger partial charge in [0.25, 0.3) is 0 Å². The van der Waals surface area contributed by atoms with Crippen molar-refractivity contribution in [2.45, 2.75) is 71.8 Å². The molecule has 0 unspecified atom stereocenters. The molecular weight excluding hydrogens is 552 g/mol. The molecule has 0 saturated heterocycles. The molecule has 0 aliphatic carbocycles. The third kappa shape index (κ3) is 10.5. The predicted molar refractivity (Wildman–Crippen MR) is 182 cm³/mol. The van der Waals surface area contributed by atoms with Gasteiger partial charge in [-0.15, -0.1) is 0 Å². The van der Waals surface area contributed by atoms with Crippen molar-refractivity contribution in [3.05, 3.63) is 88.1 Å². The maximum absolute atomic E-state index is 12.5. The molecule has 0 atom stereocenters. The van der Waals surface area contributed by atoms with Crippen molar-refractivity contribution < 1.29 is 4.74 Å². The zero-order chi connectivity index (χ0) is 32.3. The van der Waals surface area contributed by atoms with Crippen LogP contribution in [0, 0.1) is 0 Å². The molecule has 10 nitrogen and oxygen atoms in total. The van der Waals surface area contributed by atoms with Crippen LogP contribution >= 0.6 is 0 Å². The van der Waals surface area contributed by atoms with Gasteiger partial charge in [0.05, 0.1) is 12.3 Å². The highest BCUT2D eigenvalue weighted by Gasteiger charge is 2.18. The summed E-state index contributed by atoms with van der Waals surface area (Å²) in [4.78, 5) is 23.9. The van der Waals surface area contributed by atoms with E-state index in [0.717, 1.165) is 54.0 Å². The van der Waals surface area contributed by atoms with Gasteiger partial charge in [0.15, 0.2) is 5.96 Å². The first kappa shape index (κ1) is 34.3. The Kier molecular flexibility index (Phi) is 12.1. The average Bonchev–Trinajstić information content (AvgIpc) is 3.39. The number of fused-ring (bicyclic) bond motifs is 1. The lowest BCUT2D eigenvalue weighted by Gasteiger charge is -2.19. The van der Waals surface area contributed by atoms with Crippen LogP contribution in [-0.4, -0.2) is 46.7 Å². The average molecular weight is 603 g/mol. The highest BCUT2D eigenvalue weighted by atomic mass is 16.5. The molecule has 0 amide bonds. The summed E-state index contributed by atoms with van der Waals surface area (Å²) in [7, 11) is 0. The summed E-state index contributed by atoms with van der Waals surface area (Å²) in [6.45, 7) is 16.5. The summed E-state index contributed by atoms with van der Waals surface area (Å²) >= 11 is 0. The fourth-order valence-corrected chi connectivity index (χ4v) is 4.33. The van der Waals surface area contributed by atoms with Gasteiger partial charge in [-0.1, -0.05) is 65.8 Å². The summed E-state index contributed by atoms with van der Waals surface area (Å²) in [6, 6.07) is 18.2. The lowest BCUT2D eigenvalue weighted by Crippen LogP contribution is -2.23. The van der Waals surface area contributed by atoms with Gasteiger partial charge in [0.1, 0.15) is 11.4 Å². The normalized spacial score (nSPS) is 11.6. The minimum atomic E-state index is -0.301. The van der Waals surface area contributed by atoms with Crippen LogP contribution in [0.2, 0.25) is 0 Å². The number of H-pyrrole nitrogens is 1. The Morgan fingerprint density at radius 1 is 1.00 bits per heavy atom. The summed E-state index contributed by atoms with van der Waals surface area (Å²) in [5.41, 5.74) is 20.7. The van der Waals surface area contributed by atoms with Crippen LogP contribution in [0.3, 0.4) is 0 Å². The maximum atomic E-state index is 12.5. The molecule has 0 aliphatic rings.